The Morgan fingerprint density at radius 3 is 2.81 bits per heavy atom. The number of ether oxygens (including phenoxy) is 1. The first kappa shape index (κ1) is 18.1. The summed E-state index contributed by atoms with van der Waals surface area (Å²) >= 11 is 1.83. The first-order valence-electron chi connectivity index (χ1n) is 10.0. The van der Waals surface area contributed by atoms with Gasteiger partial charge >= 0.3 is 0 Å². The second kappa shape index (κ2) is 7.79. The van der Waals surface area contributed by atoms with E-state index < -0.39 is 0 Å². The molecule has 4 rings (SSSR count). The van der Waals surface area contributed by atoms with Crippen LogP contribution >= 0.6 is 11.3 Å². The molecule has 2 fully saturated rings. The smallest absolute Gasteiger partial charge is 0.0691 e. The molecule has 0 amide bonds. The van der Waals surface area contributed by atoms with E-state index in [-0.39, 0.29) is 11.0 Å². The lowest BCUT2D eigenvalue weighted by atomic mass is 9.68. The van der Waals surface area contributed by atoms with E-state index in [1.54, 1.807) is 0 Å². The van der Waals surface area contributed by atoms with Gasteiger partial charge in [0.05, 0.1) is 5.60 Å². The van der Waals surface area contributed by atoms with E-state index >= 15 is 0 Å². The van der Waals surface area contributed by atoms with Gasteiger partial charge in [0.2, 0.25) is 0 Å². The van der Waals surface area contributed by atoms with Crippen LogP contribution < -0.4 is 5.32 Å². The number of pyridine rings is 1. The molecule has 4 heteroatoms. The maximum atomic E-state index is 6.35. The third-order valence-electron chi connectivity index (χ3n) is 6.26. The molecule has 0 bridgehead atoms. The van der Waals surface area contributed by atoms with Gasteiger partial charge in [-0.15, -0.1) is 11.3 Å². The molecule has 3 heterocycles. The summed E-state index contributed by atoms with van der Waals surface area (Å²) < 4.78 is 6.35. The topological polar surface area (TPSA) is 34.1 Å². The third-order valence-corrected chi connectivity index (χ3v) is 7.13. The van der Waals surface area contributed by atoms with E-state index in [0.717, 1.165) is 44.7 Å². The van der Waals surface area contributed by atoms with Crippen molar-refractivity contribution in [2.24, 2.45) is 0 Å². The molecule has 2 aromatic heterocycles. The first-order valence-corrected chi connectivity index (χ1v) is 10.9. The minimum atomic E-state index is 0.109. The Kier molecular flexibility index (Phi) is 5.44. The molecule has 1 aliphatic heterocycles. The van der Waals surface area contributed by atoms with E-state index in [1.165, 1.54) is 36.3 Å². The van der Waals surface area contributed by atoms with Gasteiger partial charge in [0.15, 0.2) is 0 Å². The number of nitrogens with one attached hydrogen (secondary N) is 1. The van der Waals surface area contributed by atoms with Crippen molar-refractivity contribution in [2.75, 3.05) is 13.2 Å². The van der Waals surface area contributed by atoms with Crippen molar-refractivity contribution < 1.29 is 4.74 Å². The number of hydrogen-bond acceptors (Lipinski definition) is 4. The molecule has 1 atom stereocenters. The molecule has 1 N–H and O–H groups in total. The standard InChI is InChI=1S/C22H30N2OS/c1-18-6-4-8-20(24-18)21(11-13-23-16-19-7-5-15-26-19)12-14-25-22(17-21)9-2-3-10-22/h4-8,15,23H,2-3,9-14,16-17H2,1H3. The number of hydrogen-bond donors (Lipinski definition) is 1. The predicted molar refractivity (Wildman–Crippen MR) is 108 cm³/mol. The second-order valence-corrected chi connectivity index (χ2v) is 9.15. The van der Waals surface area contributed by atoms with Crippen molar-refractivity contribution in [3.8, 4) is 0 Å². The lowest BCUT2D eigenvalue weighted by molar-refractivity contribution is -0.104. The number of rotatable bonds is 6. The third kappa shape index (κ3) is 3.88. The molecular weight excluding hydrogens is 340 g/mol. The Balaban J connectivity index is 1.51. The van der Waals surface area contributed by atoms with Crippen LogP contribution in [0.3, 0.4) is 0 Å². The van der Waals surface area contributed by atoms with Crippen LogP contribution in [-0.2, 0) is 16.7 Å². The summed E-state index contributed by atoms with van der Waals surface area (Å²) in [6.07, 6.45) is 8.44. The van der Waals surface area contributed by atoms with Crippen molar-refractivity contribution in [3.05, 3.63) is 52.0 Å². The number of aryl methyl sites for hydroxylation is 1. The molecule has 2 aromatic rings. The lowest BCUT2D eigenvalue weighted by Gasteiger charge is -2.46. The van der Waals surface area contributed by atoms with Gasteiger partial charge in [-0.1, -0.05) is 25.0 Å². The summed E-state index contributed by atoms with van der Waals surface area (Å²) in [5, 5.41) is 5.82. The van der Waals surface area contributed by atoms with Gasteiger partial charge in [-0.2, -0.15) is 0 Å². The average Bonchev–Trinajstić information content (AvgIpc) is 3.31. The maximum Gasteiger partial charge on any atom is 0.0691 e. The zero-order valence-electron chi connectivity index (χ0n) is 15.8. The highest BCUT2D eigenvalue weighted by Gasteiger charge is 2.48. The zero-order chi connectivity index (χ0) is 17.9. The van der Waals surface area contributed by atoms with Crippen LogP contribution in [0.2, 0.25) is 0 Å². The second-order valence-electron chi connectivity index (χ2n) is 8.12. The van der Waals surface area contributed by atoms with Crippen LogP contribution in [0, 0.1) is 6.92 Å². The summed E-state index contributed by atoms with van der Waals surface area (Å²) in [5.41, 5.74) is 2.67. The Hall–Kier alpha value is -1.23. The summed E-state index contributed by atoms with van der Waals surface area (Å²) in [7, 11) is 0. The monoisotopic (exact) mass is 370 g/mol. The summed E-state index contributed by atoms with van der Waals surface area (Å²) in [4.78, 5) is 6.38. The molecule has 0 aromatic carbocycles. The fourth-order valence-electron chi connectivity index (χ4n) is 4.91. The molecule has 0 radical (unpaired) electrons. The van der Waals surface area contributed by atoms with E-state index in [0.29, 0.717) is 0 Å². The van der Waals surface area contributed by atoms with Gasteiger partial charge < -0.3 is 10.1 Å². The largest absolute Gasteiger partial charge is 0.375 e. The molecule has 1 aliphatic carbocycles. The Labute approximate surface area is 161 Å². The fraction of sp³-hybridized carbons (Fsp3) is 0.591. The molecule has 140 valence electrons. The zero-order valence-corrected chi connectivity index (χ0v) is 16.6. The average molecular weight is 371 g/mol. The quantitative estimate of drug-likeness (QED) is 0.727. The highest BCUT2D eigenvalue weighted by molar-refractivity contribution is 7.09. The van der Waals surface area contributed by atoms with Crippen LogP contribution in [0.25, 0.3) is 0 Å². The van der Waals surface area contributed by atoms with Crippen LogP contribution in [-0.4, -0.2) is 23.7 Å². The van der Waals surface area contributed by atoms with Crippen molar-refractivity contribution in [2.45, 2.75) is 69.4 Å². The van der Waals surface area contributed by atoms with Crippen molar-refractivity contribution in [3.63, 3.8) is 0 Å². The Morgan fingerprint density at radius 1 is 1.15 bits per heavy atom. The molecular formula is C22H30N2OS. The lowest BCUT2D eigenvalue weighted by Crippen LogP contribution is -2.47. The molecule has 2 aliphatic rings. The van der Waals surface area contributed by atoms with Gasteiger partial charge in [0.1, 0.15) is 0 Å². The maximum absolute atomic E-state index is 6.35. The normalized spacial score (nSPS) is 25.0. The van der Waals surface area contributed by atoms with E-state index in [2.05, 4.69) is 48.0 Å². The Morgan fingerprint density at radius 2 is 2.04 bits per heavy atom. The van der Waals surface area contributed by atoms with Crippen LogP contribution in [0.4, 0.5) is 0 Å². The van der Waals surface area contributed by atoms with Crippen LogP contribution in [0.15, 0.2) is 35.7 Å². The minimum absolute atomic E-state index is 0.109. The van der Waals surface area contributed by atoms with Crippen molar-refractivity contribution >= 4 is 11.3 Å². The SMILES string of the molecule is Cc1cccc(C2(CCNCc3cccs3)CCOC3(CCCC3)C2)n1. The molecule has 1 spiro atoms. The Bertz CT molecular complexity index is 709. The van der Waals surface area contributed by atoms with Crippen molar-refractivity contribution in [1.29, 1.82) is 0 Å². The fourth-order valence-corrected chi connectivity index (χ4v) is 5.58. The van der Waals surface area contributed by atoms with Gasteiger partial charge in [0.25, 0.3) is 0 Å². The number of aromatic nitrogens is 1. The number of thiophene rings is 1. The van der Waals surface area contributed by atoms with E-state index in [9.17, 15) is 0 Å². The van der Waals surface area contributed by atoms with Crippen LogP contribution in [0.5, 0.6) is 0 Å². The van der Waals surface area contributed by atoms with Gasteiger partial charge in [-0.25, -0.2) is 0 Å². The van der Waals surface area contributed by atoms with Crippen molar-refractivity contribution in [1.82, 2.24) is 10.3 Å². The van der Waals surface area contributed by atoms with Gasteiger partial charge in [0, 0.05) is 34.8 Å². The van der Waals surface area contributed by atoms with E-state index in [4.69, 9.17) is 9.72 Å². The number of nitrogens with zero attached hydrogens (tertiary/aromatic N) is 1. The minimum Gasteiger partial charge on any atom is -0.375 e. The highest BCUT2D eigenvalue weighted by atomic mass is 32.1. The van der Waals surface area contributed by atoms with Crippen LogP contribution in [0.1, 0.15) is 61.2 Å². The molecule has 1 saturated heterocycles. The molecule has 3 nitrogen and oxygen atoms in total. The summed E-state index contributed by atoms with van der Waals surface area (Å²) in [6.45, 7) is 4.98. The van der Waals surface area contributed by atoms with E-state index in [1.807, 2.05) is 11.3 Å². The molecule has 1 saturated carbocycles. The van der Waals surface area contributed by atoms with Gasteiger partial charge in [-0.05, 0) is 69.2 Å². The van der Waals surface area contributed by atoms with Gasteiger partial charge in [-0.3, -0.25) is 4.98 Å². The highest BCUT2D eigenvalue weighted by Crippen LogP contribution is 2.49. The molecule has 26 heavy (non-hydrogen) atoms. The summed E-state index contributed by atoms with van der Waals surface area (Å²) in [5.74, 6) is 0. The summed E-state index contributed by atoms with van der Waals surface area (Å²) in [6, 6.07) is 10.9. The first-order chi connectivity index (χ1) is 12.7. The predicted octanol–water partition coefficient (Wildman–Crippen LogP) is 4.99. The molecule has 1 unspecified atom stereocenters.